The van der Waals surface area contributed by atoms with Gasteiger partial charge in [0.1, 0.15) is 17.9 Å². The zero-order valence-electron chi connectivity index (χ0n) is 6.74. The molecule has 0 saturated carbocycles. The average molecular weight is 163 g/mol. The van der Waals surface area contributed by atoms with E-state index in [1.54, 1.807) is 6.07 Å². The number of aliphatic hydroxyl groups is 1. The van der Waals surface area contributed by atoms with Crippen molar-refractivity contribution in [3.05, 3.63) is 29.7 Å². The molecule has 1 N–H and O–H groups in total. The molecule has 2 aromatic rings. The van der Waals surface area contributed by atoms with Gasteiger partial charge in [-0.05, 0) is 19.1 Å². The molecule has 0 aliphatic heterocycles. The summed E-state index contributed by atoms with van der Waals surface area (Å²) in [5, 5.41) is 8.79. The minimum absolute atomic E-state index is 0.0740. The van der Waals surface area contributed by atoms with Crippen LogP contribution < -0.4 is 0 Å². The Hall–Kier alpha value is -1.35. The van der Waals surface area contributed by atoms with Crippen LogP contribution in [-0.2, 0) is 6.61 Å². The smallest absolute Gasteiger partial charge is 0.152 e. The second kappa shape index (κ2) is 2.60. The molecule has 0 amide bonds. The molecular weight excluding hydrogens is 154 g/mol. The van der Waals surface area contributed by atoms with Gasteiger partial charge in [0.25, 0.3) is 0 Å². The van der Waals surface area contributed by atoms with Crippen LogP contribution in [0.25, 0.3) is 11.1 Å². The summed E-state index contributed by atoms with van der Waals surface area (Å²) in [5.41, 5.74) is 2.48. The second-order valence-corrected chi connectivity index (χ2v) is 2.71. The van der Waals surface area contributed by atoms with Gasteiger partial charge in [0.2, 0.25) is 0 Å². The van der Waals surface area contributed by atoms with Crippen molar-refractivity contribution in [1.82, 2.24) is 4.98 Å². The van der Waals surface area contributed by atoms with Gasteiger partial charge in [0, 0.05) is 11.8 Å². The lowest BCUT2D eigenvalue weighted by molar-refractivity contribution is 0.251. The number of nitrogens with zero attached hydrogens (tertiary/aromatic N) is 1. The summed E-state index contributed by atoms with van der Waals surface area (Å²) in [6, 6.07) is 5.49. The monoisotopic (exact) mass is 163 g/mol. The first kappa shape index (κ1) is 7.31. The van der Waals surface area contributed by atoms with E-state index in [1.165, 1.54) is 0 Å². The van der Waals surface area contributed by atoms with Crippen LogP contribution >= 0.6 is 0 Å². The van der Waals surface area contributed by atoms with Gasteiger partial charge in [-0.1, -0.05) is 0 Å². The molecular formula is C9H9NO2. The number of aromatic nitrogens is 1. The molecule has 0 bridgehead atoms. The first-order valence-corrected chi connectivity index (χ1v) is 3.76. The van der Waals surface area contributed by atoms with E-state index in [-0.39, 0.29) is 6.61 Å². The maximum Gasteiger partial charge on any atom is 0.152 e. The van der Waals surface area contributed by atoms with E-state index in [0.717, 1.165) is 16.8 Å². The summed E-state index contributed by atoms with van der Waals surface area (Å²) in [6.07, 6.45) is 0. The maximum atomic E-state index is 8.79. The molecule has 3 nitrogen and oxygen atoms in total. The molecule has 0 fully saturated rings. The number of rotatable bonds is 1. The normalized spacial score (nSPS) is 10.8. The Bertz CT molecular complexity index is 406. The van der Waals surface area contributed by atoms with Crippen molar-refractivity contribution in [2.24, 2.45) is 0 Å². The fraction of sp³-hybridized carbons (Fsp3) is 0.222. The lowest BCUT2D eigenvalue weighted by Crippen LogP contribution is -1.77. The molecule has 0 aliphatic rings. The first-order valence-electron chi connectivity index (χ1n) is 3.76. The summed E-state index contributed by atoms with van der Waals surface area (Å²) in [7, 11) is 0. The van der Waals surface area contributed by atoms with Gasteiger partial charge >= 0.3 is 0 Å². The third-order valence-corrected chi connectivity index (χ3v) is 1.72. The van der Waals surface area contributed by atoms with Crippen molar-refractivity contribution in [1.29, 1.82) is 0 Å². The van der Waals surface area contributed by atoms with Crippen LogP contribution in [0.3, 0.4) is 0 Å². The number of aliphatic hydroxyl groups excluding tert-OH is 1. The van der Waals surface area contributed by atoms with Crippen LogP contribution in [0.4, 0.5) is 0 Å². The van der Waals surface area contributed by atoms with Crippen molar-refractivity contribution in [2.45, 2.75) is 13.5 Å². The third kappa shape index (κ3) is 1.08. The summed E-state index contributed by atoms with van der Waals surface area (Å²) in [6.45, 7) is 1.85. The maximum absolute atomic E-state index is 8.79. The van der Waals surface area contributed by atoms with Gasteiger partial charge in [-0.3, -0.25) is 0 Å². The molecule has 12 heavy (non-hydrogen) atoms. The van der Waals surface area contributed by atoms with Crippen molar-refractivity contribution >= 4 is 11.1 Å². The zero-order valence-corrected chi connectivity index (χ0v) is 6.74. The standard InChI is InChI=1S/C9H9NO2/c1-6-2-3-9-8(10-6)4-7(5-11)12-9/h2-4,11H,5H2,1H3. The van der Waals surface area contributed by atoms with Crippen molar-refractivity contribution < 1.29 is 9.52 Å². The lowest BCUT2D eigenvalue weighted by atomic mass is 10.3. The topological polar surface area (TPSA) is 46.3 Å². The number of hydrogen-bond acceptors (Lipinski definition) is 3. The molecule has 0 unspecified atom stereocenters. The van der Waals surface area contributed by atoms with E-state index in [1.807, 2.05) is 19.1 Å². The van der Waals surface area contributed by atoms with Crippen LogP contribution in [0.15, 0.2) is 22.6 Å². The van der Waals surface area contributed by atoms with Crippen LogP contribution in [0.5, 0.6) is 0 Å². The average Bonchev–Trinajstić information content (AvgIpc) is 2.46. The van der Waals surface area contributed by atoms with E-state index in [9.17, 15) is 0 Å². The molecule has 3 heteroatoms. The van der Waals surface area contributed by atoms with E-state index in [4.69, 9.17) is 9.52 Å². The fourth-order valence-corrected chi connectivity index (χ4v) is 1.15. The van der Waals surface area contributed by atoms with Gasteiger partial charge in [-0.25, -0.2) is 4.98 Å². The Morgan fingerprint density at radius 1 is 1.50 bits per heavy atom. The minimum atomic E-state index is -0.0740. The molecule has 2 aromatic heterocycles. The van der Waals surface area contributed by atoms with E-state index in [0.29, 0.717) is 5.76 Å². The summed E-state index contributed by atoms with van der Waals surface area (Å²) >= 11 is 0. The SMILES string of the molecule is Cc1ccc2oc(CO)cc2n1. The van der Waals surface area contributed by atoms with Gasteiger partial charge in [-0.15, -0.1) is 0 Å². The predicted octanol–water partition coefficient (Wildman–Crippen LogP) is 1.63. The first-order chi connectivity index (χ1) is 5.79. The highest BCUT2D eigenvalue weighted by molar-refractivity contribution is 5.73. The van der Waals surface area contributed by atoms with Crippen molar-refractivity contribution in [3.8, 4) is 0 Å². The quantitative estimate of drug-likeness (QED) is 0.695. The minimum Gasteiger partial charge on any atom is -0.457 e. The van der Waals surface area contributed by atoms with Crippen molar-refractivity contribution in [2.75, 3.05) is 0 Å². The molecule has 0 aromatic carbocycles. The Labute approximate surface area is 69.7 Å². The molecule has 0 aliphatic carbocycles. The Morgan fingerprint density at radius 3 is 3.08 bits per heavy atom. The van der Waals surface area contributed by atoms with E-state index < -0.39 is 0 Å². The zero-order chi connectivity index (χ0) is 8.55. The van der Waals surface area contributed by atoms with Crippen LogP contribution in [0.1, 0.15) is 11.5 Å². The molecule has 0 saturated heterocycles. The van der Waals surface area contributed by atoms with E-state index >= 15 is 0 Å². The Balaban J connectivity index is 2.67. The van der Waals surface area contributed by atoms with Gasteiger partial charge in [-0.2, -0.15) is 0 Å². The molecule has 0 radical (unpaired) electrons. The van der Waals surface area contributed by atoms with Crippen LogP contribution in [0.2, 0.25) is 0 Å². The second-order valence-electron chi connectivity index (χ2n) is 2.71. The number of aryl methyl sites for hydroxylation is 1. The largest absolute Gasteiger partial charge is 0.457 e. The highest BCUT2D eigenvalue weighted by Crippen LogP contribution is 2.17. The number of pyridine rings is 1. The summed E-state index contributed by atoms with van der Waals surface area (Å²) < 4.78 is 5.26. The van der Waals surface area contributed by atoms with Gasteiger partial charge in [0.05, 0.1) is 0 Å². The fourth-order valence-electron chi connectivity index (χ4n) is 1.15. The highest BCUT2D eigenvalue weighted by Gasteiger charge is 2.02. The molecule has 62 valence electrons. The highest BCUT2D eigenvalue weighted by atomic mass is 16.4. The molecule has 2 rings (SSSR count). The third-order valence-electron chi connectivity index (χ3n) is 1.72. The molecule has 2 heterocycles. The predicted molar refractivity (Wildman–Crippen MR) is 44.7 cm³/mol. The van der Waals surface area contributed by atoms with Gasteiger partial charge in [0.15, 0.2) is 5.58 Å². The van der Waals surface area contributed by atoms with Crippen molar-refractivity contribution in [3.63, 3.8) is 0 Å². The summed E-state index contributed by atoms with van der Waals surface area (Å²) in [5.74, 6) is 0.558. The lowest BCUT2D eigenvalue weighted by Gasteiger charge is -1.88. The van der Waals surface area contributed by atoms with E-state index in [2.05, 4.69) is 4.98 Å². The Kier molecular flexibility index (Phi) is 1.59. The number of furan rings is 1. The molecule has 0 spiro atoms. The number of hydrogen-bond donors (Lipinski definition) is 1. The molecule has 0 atom stereocenters. The summed E-state index contributed by atoms with van der Waals surface area (Å²) in [4.78, 5) is 4.24. The van der Waals surface area contributed by atoms with Gasteiger partial charge < -0.3 is 9.52 Å². The van der Waals surface area contributed by atoms with Crippen LogP contribution in [-0.4, -0.2) is 10.1 Å². The van der Waals surface area contributed by atoms with Crippen LogP contribution in [0, 0.1) is 6.92 Å². The Morgan fingerprint density at radius 2 is 2.33 bits per heavy atom. The number of fused-ring (bicyclic) bond motifs is 1.